The van der Waals surface area contributed by atoms with Crippen molar-refractivity contribution in [3.63, 3.8) is 0 Å². The molecule has 0 unspecified atom stereocenters. The SMILES string of the molecule is O=C(c1ccc(Cl)cc1Cl)[C@@H]1[C@H](C(=O)c2ccccc2)[C@@]2(C(=O)Nc3ccccc32)[C@@H]2c3ccccc3C=CN12. The van der Waals surface area contributed by atoms with Crippen LogP contribution in [-0.2, 0) is 10.2 Å². The van der Waals surface area contributed by atoms with Gasteiger partial charge in [0.25, 0.3) is 0 Å². The van der Waals surface area contributed by atoms with E-state index in [2.05, 4.69) is 5.32 Å². The molecule has 5 nitrogen and oxygen atoms in total. The number of para-hydroxylation sites is 1. The number of halogens is 2. The first-order chi connectivity index (χ1) is 19.4. The lowest BCUT2D eigenvalue weighted by atomic mass is 9.62. The van der Waals surface area contributed by atoms with Crippen LogP contribution in [0.1, 0.15) is 43.4 Å². The van der Waals surface area contributed by atoms with E-state index in [1.807, 2.05) is 71.8 Å². The highest BCUT2D eigenvalue weighted by Gasteiger charge is 2.70. The van der Waals surface area contributed by atoms with Gasteiger partial charge in [0, 0.05) is 28.0 Å². The number of fused-ring (bicyclic) bond motifs is 6. The van der Waals surface area contributed by atoms with Crippen LogP contribution >= 0.6 is 23.2 Å². The van der Waals surface area contributed by atoms with Crippen molar-refractivity contribution in [1.29, 1.82) is 0 Å². The predicted molar refractivity (Wildman–Crippen MR) is 156 cm³/mol. The molecule has 1 N–H and O–H groups in total. The summed E-state index contributed by atoms with van der Waals surface area (Å²) in [5, 5.41) is 3.64. The molecule has 4 aromatic rings. The van der Waals surface area contributed by atoms with E-state index in [1.165, 1.54) is 6.07 Å². The smallest absolute Gasteiger partial charge is 0.238 e. The molecule has 0 radical (unpaired) electrons. The Bertz CT molecular complexity index is 1750. The van der Waals surface area contributed by atoms with E-state index in [0.29, 0.717) is 21.8 Å². The Labute approximate surface area is 241 Å². The van der Waals surface area contributed by atoms with Gasteiger partial charge in [0.2, 0.25) is 5.91 Å². The number of hydrogen-bond donors (Lipinski definition) is 1. The molecule has 4 atom stereocenters. The number of amides is 1. The molecular weight excluding hydrogens is 543 g/mol. The van der Waals surface area contributed by atoms with Crippen LogP contribution in [0.3, 0.4) is 0 Å². The summed E-state index contributed by atoms with van der Waals surface area (Å²) in [6.07, 6.45) is 3.77. The Balaban J connectivity index is 1.55. The van der Waals surface area contributed by atoms with Gasteiger partial charge in [-0.05, 0) is 47.0 Å². The van der Waals surface area contributed by atoms with Crippen LogP contribution in [0, 0.1) is 5.92 Å². The Hall–Kier alpha value is -4.19. The second-order valence-corrected chi connectivity index (χ2v) is 11.1. The van der Waals surface area contributed by atoms with Crippen molar-refractivity contribution in [3.8, 4) is 0 Å². The maximum Gasteiger partial charge on any atom is 0.238 e. The fourth-order valence-corrected chi connectivity index (χ4v) is 7.30. The Morgan fingerprint density at radius 3 is 2.35 bits per heavy atom. The topological polar surface area (TPSA) is 66.5 Å². The van der Waals surface area contributed by atoms with E-state index < -0.39 is 23.4 Å². The number of ketones is 2. The van der Waals surface area contributed by atoms with Gasteiger partial charge in [-0.3, -0.25) is 14.4 Å². The van der Waals surface area contributed by atoms with Crippen molar-refractivity contribution in [2.24, 2.45) is 5.92 Å². The first-order valence-electron chi connectivity index (χ1n) is 13.0. The van der Waals surface area contributed by atoms with Crippen molar-refractivity contribution in [2.45, 2.75) is 17.5 Å². The fraction of sp³-hybridized carbons (Fsp3) is 0.121. The summed E-state index contributed by atoms with van der Waals surface area (Å²) in [5.74, 6) is -1.99. The molecule has 1 fully saturated rings. The van der Waals surface area contributed by atoms with Crippen molar-refractivity contribution < 1.29 is 14.4 Å². The van der Waals surface area contributed by atoms with Crippen LogP contribution in [0.25, 0.3) is 6.08 Å². The molecule has 0 bridgehead atoms. The van der Waals surface area contributed by atoms with Gasteiger partial charge < -0.3 is 10.2 Å². The van der Waals surface area contributed by atoms with Crippen LogP contribution < -0.4 is 5.32 Å². The van der Waals surface area contributed by atoms with Crippen LogP contribution in [0.2, 0.25) is 10.0 Å². The second-order valence-electron chi connectivity index (χ2n) is 10.3. The second kappa shape index (κ2) is 9.19. The highest BCUT2D eigenvalue weighted by molar-refractivity contribution is 6.37. The summed E-state index contributed by atoms with van der Waals surface area (Å²) in [5.41, 5.74) is 2.45. The van der Waals surface area contributed by atoms with E-state index >= 15 is 0 Å². The summed E-state index contributed by atoms with van der Waals surface area (Å²) in [6, 6.07) is 27.2. The maximum atomic E-state index is 14.7. The summed E-state index contributed by atoms with van der Waals surface area (Å²) in [6.45, 7) is 0. The first kappa shape index (κ1) is 24.8. The van der Waals surface area contributed by atoms with E-state index in [0.717, 1.165) is 11.1 Å². The average Bonchev–Trinajstić information content (AvgIpc) is 3.45. The first-order valence-corrected chi connectivity index (χ1v) is 13.7. The zero-order chi connectivity index (χ0) is 27.6. The minimum absolute atomic E-state index is 0.193. The number of Topliss-reactive ketones (excluding diaryl/α,β-unsaturated/α-hetero) is 2. The lowest BCUT2D eigenvalue weighted by Gasteiger charge is -2.38. The van der Waals surface area contributed by atoms with Crippen LogP contribution in [-0.4, -0.2) is 28.4 Å². The molecule has 40 heavy (non-hydrogen) atoms. The number of nitrogens with one attached hydrogen (secondary N) is 1. The van der Waals surface area contributed by atoms with Crippen LogP contribution in [0.5, 0.6) is 0 Å². The van der Waals surface area contributed by atoms with Gasteiger partial charge in [-0.1, -0.05) is 96.0 Å². The normalized spacial score (nSPS) is 23.9. The number of carbonyl (C=O) groups excluding carboxylic acids is 3. The molecule has 1 amide bonds. The van der Waals surface area contributed by atoms with Gasteiger partial charge in [0.15, 0.2) is 11.6 Å². The highest BCUT2D eigenvalue weighted by atomic mass is 35.5. The molecule has 0 saturated carbocycles. The molecular formula is C33H22Cl2N2O3. The number of carbonyl (C=O) groups is 3. The summed E-state index contributed by atoms with van der Waals surface area (Å²) in [7, 11) is 0. The molecule has 0 aliphatic carbocycles. The van der Waals surface area contributed by atoms with Crippen molar-refractivity contribution in [3.05, 3.63) is 141 Å². The Kier molecular flexibility index (Phi) is 5.70. The average molecular weight is 565 g/mol. The molecule has 4 aromatic carbocycles. The van der Waals surface area contributed by atoms with E-state index in [4.69, 9.17) is 23.2 Å². The van der Waals surface area contributed by atoms with E-state index in [1.54, 1.807) is 36.4 Å². The van der Waals surface area contributed by atoms with Gasteiger partial charge in [-0.25, -0.2) is 0 Å². The maximum absolute atomic E-state index is 14.7. The van der Waals surface area contributed by atoms with E-state index in [9.17, 15) is 14.4 Å². The number of anilines is 1. The minimum Gasteiger partial charge on any atom is -0.358 e. The zero-order valence-electron chi connectivity index (χ0n) is 21.1. The van der Waals surface area contributed by atoms with Gasteiger partial charge in [-0.2, -0.15) is 0 Å². The van der Waals surface area contributed by atoms with E-state index in [-0.39, 0.29) is 28.1 Å². The molecule has 7 heteroatoms. The van der Waals surface area contributed by atoms with Crippen LogP contribution in [0.4, 0.5) is 5.69 Å². The van der Waals surface area contributed by atoms with Crippen molar-refractivity contribution in [1.82, 2.24) is 4.90 Å². The molecule has 196 valence electrons. The van der Waals surface area contributed by atoms with Gasteiger partial charge in [0.05, 0.1) is 17.0 Å². The largest absolute Gasteiger partial charge is 0.358 e. The Morgan fingerprint density at radius 1 is 0.825 bits per heavy atom. The third kappa shape index (κ3) is 3.38. The van der Waals surface area contributed by atoms with Crippen molar-refractivity contribution >= 4 is 52.4 Å². The van der Waals surface area contributed by atoms with Gasteiger partial charge in [-0.15, -0.1) is 0 Å². The lowest BCUT2D eigenvalue weighted by molar-refractivity contribution is -0.122. The molecule has 1 saturated heterocycles. The number of hydrogen-bond acceptors (Lipinski definition) is 4. The summed E-state index contributed by atoms with van der Waals surface area (Å²) < 4.78 is 0. The number of nitrogens with zero attached hydrogens (tertiary/aromatic N) is 1. The monoisotopic (exact) mass is 564 g/mol. The van der Waals surface area contributed by atoms with Crippen LogP contribution in [0.15, 0.2) is 103 Å². The molecule has 0 aromatic heterocycles. The molecule has 3 heterocycles. The molecule has 1 spiro atoms. The van der Waals surface area contributed by atoms with Gasteiger partial charge in [0.1, 0.15) is 11.5 Å². The standard InChI is InChI=1S/C33H22Cl2N2O3/c34-21-14-15-23(25(35)18-21)30(39)28-27(29(38)20-9-2-1-3-10-20)33(24-12-6-7-13-26(24)36-32(33)40)31-22-11-5-4-8-19(22)16-17-37(28)31/h1-18,27-28,31H,(H,36,40)/t27-,28+,31+,33-/m1/s1. The zero-order valence-corrected chi connectivity index (χ0v) is 22.6. The molecule has 3 aliphatic rings. The number of benzene rings is 4. The molecule has 7 rings (SSSR count). The number of rotatable bonds is 4. The third-order valence-corrected chi connectivity index (χ3v) is 8.92. The lowest BCUT2D eigenvalue weighted by Crippen LogP contribution is -2.49. The summed E-state index contributed by atoms with van der Waals surface area (Å²) >= 11 is 12.7. The summed E-state index contributed by atoms with van der Waals surface area (Å²) in [4.78, 5) is 45.5. The quantitative estimate of drug-likeness (QED) is 0.272. The minimum atomic E-state index is -1.39. The highest BCUT2D eigenvalue weighted by Crippen LogP contribution is 2.62. The molecule has 3 aliphatic heterocycles. The Morgan fingerprint density at radius 2 is 1.55 bits per heavy atom. The van der Waals surface area contributed by atoms with Crippen molar-refractivity contribution in [2.75, 3.05) is 5.32 Å². The predicted octanol–water partition coefficient (Wildman–Crippen LogP) is 6.98. The van der Waals surface area contributed by atoms with Gasteiger partial charge >= 0.3 is 0 Å². The fourth-order valence-electron chi connectivity index (χ4n) is 6.80. The third-order valence-electron chi connectivity index (χ3n) is 8.38.